The zero-order valence-corrected chi connectivity index (χ0v) is 15.9. The Bertz CT molecular complexity index is 763. The third-order valence-corrected chi connectivity index (χ3v) is 5.33. The molecule has 1 aromatic heterocycles. The molecule has 0 radical (unpaired) electrons. The molecule has 3 rings (SSSR count). The lowest BCUT2D eigenvalue weighted by Gasteiger charge is -2.20. The van der Waals surface area contributed by atoms with Gasteiger partial charge in [0.1, 0.15) is 13.2 Å². The molecule has 5 nitrogen and oxygen atoms in total. The number of carbonyl (C=O) groups excluding carboxylic acids is 1. The lowest BCUT2D eigenvalue weighted by atomic mass is 10.1. The fraction of sp³-hybridized carbons (Fsp3) is 0.389. The smallest absolute Gasteiger partial charge is 0.317 e. The molecule has 0 fully saturated rings. The molecule has 1 N–H and O–H groups in total. The number of urea groups is 1. The molecule has 2 amide bonds. The van der Waals surface area contributed by atoms with Crippen LogP contribution in [0.1, 0.15) is 16.0 Å². The largest absolute Gasteiger partial charge is 0.486 e. The number of carbonyl (C=O) groups is 1. The Morgan fingerprint density at radius 3 is 2.92 bits per heavy atom. The summed E-state index contributed by atoms with van der Waals surface area (Å²) in [4.78, 5) is 15.1. The van der Waals surface area contributed by atoms with Crippen LogP contribution < -0.4 is 14.8 Å². The molecule has 7 heteroatoms. The summed E-state index contributed by atoms with van der Waals surface area (Å²) in [7, 11) is 1.80. The zero-order valence-electron chi connectivity index (χ0n) is 14.3. The van der Waals surface area contributed by atoms with Crippen molar-refractivity contribution in [1.29, 1.82) is 0 Å². The summed E-state index contributed by atoms with van der Waals surface area (Å²) < 4.78 is 11.1. The number of benzene rings is 1. The minimum absolute atomic E-state index is 0.0866. The van der Waals surface area contributed by atoms with Gasteiger partial charge in [-0.3, -0.25) is 0 Å². The van der Waals surface area contributed by atoms with Crippen molar-refractivity contribution in [2.45, 2.75) is 19.9 Å². The molecule has 0 spiro atoms. The summed E-state index contributed by atoms with van der Waals surface area (Å²) in [6.45, 7) is 4.24. The van der Waals surface area contributed by atoms with Gasteiger partial charge in [0.25, 0.3) is 0 Å². The van der Waals surface area contributed by atoms with Gasteiger partial charge >= 0.3 is 6.03 Å². The fourth-order valence-corrected chi connectivity index (χ4v) is 3.86. The number of hydrogen-bond acceptors (Lipinski definition) is 4. The highest BCUT2D eigenvalue weighted by Crippen LogP contribution is 2.38. The summed E-state index contributed by atoms with van der Waals surface area (Å²) in [5, 5.41) is 5.53. The first-order chi connectivity index (χ1) is 12.0. The quantitative estimate of drug-likeness (QED) is 0.856. The van der Waals surface area contributed by atoms with Crippen LogP contribution in [0.3, 0.4) is 0 Å². The second-order valence-corrected chi connectivity index (χ2v) is 7.37. The highest BCUT2D eigenvalue weighted by Gasteiger charge is 2.17. The van der Waals surface area contributed by atoms with Crippen molar-refractivity contribution < 1.29 is 14.3 Å². The summed E-state index contributed by atoms with van der Waals surface area (Å²) in [6, 6.07) is 5.76. The van der Waals surface area contributed by atoms with E-state index in [1.165, 1.54) is 10.4 Å². The third kappa shape index (κ3) is 4.38. The van der Waals surface area contributed by atoms with Crippen LogP contribution in [0, 0.1) is 6.92 Å². The van der Waals surface area contributed by atoms with E-state index in [2.05, 4.69) is 18.3 Å². The molecule has 2 aromatic rings. The van der Waals surface area contributed by atoms with Gasteiger partial charge in [-0.2, -0.15) is 0 Å². The first-order valence-electron chi connectivity index (χ1n) is 8.14. The second kappa shape index (κ2) is 7.97. The SMILES string of the molecule is Cc1ccsc1CN(C)C(=O)NCCc1cc(Cl)c2c(c1)OCCO2. The van der Waals surface area contributed by atoms with Gasteiger partial charge in [-0.1, -0.05) is 11.6 Å². The molecule has 1 aromatic carbocycles. The normalized spacial score (nSPS) is 12.8. The molecular weight excluding hydrogens is 360 g/mol. The lowest BCUT2D eigenvalue weighted by molar-refractivity contribution is 0.171. The molecule has 0 saturated heterocycles. The van der Waals surface area contributed by atoms with Crippen molar-refractivity contribution in [1.82, 2.24) is 10.2 Å². The lowest BCUT2D eigenvalue weighted by Crippen LogP contribution is -2.37. The highest BCUT2D eigenvalue weighted by atomic mass is 35.5. The van der Waals surface area contributed by atoms with Crippen LogP contribution in [0.25, 0.3) is 0 Å². The number of aryl methyl sites for hydroxylation is 1. The van der Waals surface area contributed by atoms with Crippen LogP contribution in [-0.4, -0.2) is 37.7 Å². The van der Waals surface area contributed by atoms with E-state index in [0.29, 0.717) is 49.2 Å². The van der Waals surface area contributed by atoms with Gasteiger partial charge in [0, 0.05) is 18.5 Å². The van der Waals surface area contributed by atoms with Crippen molar-refractivity contribution in [3.8, 4) is 11.5 Å². The number of amides is 2. The highest BCUT2D eigenvalue weighted by molar-refractivity contribution is 7.10. The van der Waals surface area contributed by atoms with Crippen molar-refractivity contribution in [2.75, 3.05) is 26.8 Å². The van der Waals surface area contributed by atoms with Gasteiger partial charge < -0.3 is 19.7 Å². The molecule has 0 saturated carbocycles. The molecule has 0 unspecified atom stereocenters. The number of nitrogens with zero attached hydrogens (tertiary/aromatic N) is 1. The van der Waals surface area contributed by atoms with Gasteiger partial charge in [-0.15, -0.1) is 11.3 Å². The van der Waals surface area contributed by atoms with E-state index in [1.807, 2.05) is 17.5 Å². The monoisotopic (exact) mass is 380 g/mol. The Kier molecular flexibility index (Phi) is 5.71. The van der Waals surface area contributed by atoms with Crippen molar-refractivity contribution in [3.63, 3.8) is 0 Å². The maximum atomic E-state index is 12.2. The number of thiophene rings is 1. The summed E-state index contributed by atoms with van der Waals surface area (Å²) in [6.07, 6.45) is 0.675. The number of nitrogens with one attached hydrogen (secondary N) is 1. The zero-order chi connectivity index (χ0) is 17.8. The minimum Gasteiger partial charge on any atom is -0.486 e. The Labute approximate surface area is 156 Å². The number of ether oxygens (including phenoxy) is 2. The van der Waals surface area contributed by atoms with Crippen LogP contribution in [0.15, 0.2) is 23.6 Å². The van der Waals surface area contributed by atoms with Crippen LogP contribution in [0.4, 0.5) is 4.79 Å². The number of hydrogen-bond donors (Lipinski definition) is 1. The standard InChI is InChI=1S/C18H21ClN2O3S/c1-12-4-8-25-16(12)11-21(2)18(22)20-5-3-13-9-14(19)17-15(10-13)23-6-7-24-17/h4,8-10H,3,5-7,11H2,1-2H3,(H,20,22). The van der Waals surface area contributed by atoms with Gasteiger partial charge in [-0.05, 0) is 48.1 Å². The van der Waals surface area contributed by atoms with Crippen LogP contribution in [-0.2, 0) is 13.0 Å². The van der Waals surface area contributed by atoms with Gasteiger partial charge in [-0.25, -0.2) is 4.79 Å². The van der Waals surface area contributed by atoms with E-state index in [-0.39, 0.29) is 6.03 Å². The molecule has 134 valence electrons. The summed E-state index contributed by atoms with van der Waals surface area (Å²) in [5.74, 6) is 1.28. The van der Waals surface area contributed by atoms with E-state index in [9.17, 15) is 4.79 Å². The summed E-state index contributed by atoms with van der Waals surface area (Å²) in [5.41, 5.74) is 2.22. The van der Waals surface area contributed by atoms with Crippen molar-refractivity contribution in [2.24, 2.45) is 0 Å². The van der Waals surface area contributed by atoms with Crippen LogP contribution >= 0.6 is 22.9 Å². The second-order valence-electron chi connectivity index (χ2n) is 5.97. The molecule has 0 bridgehead atoms. The van der Waals surface area contributed by atoms with E-state index in [1.54, 1.807) is 23.3 Å². The minimum atomic E-state index is -0.0866. The van der Waals surface area contributed by atoms with E-state index >= 15 is 0 Å². The maximum absolute atomic E-state index is 12.2. The molecule has 25 heavy (non-hydrogen) atoms. The molecule has 1 aliphatic heterocycles. The Morgan fingerprint density at radius 2 is 2.16 bits per heavy atom. The molecular formula is C18H21ClN2O3S. The predicted molar refractivity (Wildman–Crippen MR) is 100 cm³/mol. The van der Waals surface area contributed by atoms with Crippen LogP contribution in [0.5, 0.6) is 11.5 Å². The third-order valence-electron chi connectivity index (χ3n) is 4.04. The Morgan fingerprint density at radius 1 is 1.36 bits per heavy atom. The fourth-order valence-electron chi connectivity index (χ4n) is 2.61. The van der Waals surface area contributed by atoms with Crippen LogP contribution in [0.2, 0.25) is 5.02 Å². The topological polar surface area (TPSA) is 50.8 Å². The first kappa shape index (κ1) is 17.9. The van der Waals surface area contributed by atoms with Crippen molar-refractivity contribution in [3.05, 3.63) is 44.6 Å². The first-order valence-corrected chi connectivity index (χ1v) is 9.40. The van der Waals surface area contributed by atoms with Gasteiger partial charge in [0.15, 0.2) is 11.5 Å². The number of halogens is 1. The maximum Gasteiger partial charge on any atom is 0.317 e. The van der Waals surface area contributed by atoms with Gasteiger partial charge in [0.2, 0.25) is 0 Å². The Balaban J connectivity index is 1.51. The number of fused-ring (bicyclic) bond motifs is 1. The Hall–Kier alpha value is -1.92. The predicted octanol–water partition coefficient (Wildman–Crippen LogP) is 3.87. The van der Waals surface area contributed by atoms with Gasteiger partial charge in [0.05, 0.1) is 11.6 Å². The summed E-state index contributed by atoms with van der Waals surface area (Å²) >= 11 is 7.90. The van der Waals surface area contributed by atoms with E-state index in [4.69, 9.17) is 21.1 Å². The van der Waals surface area contributed by atoms with E-state index in [0.717, 1.165) is 5.56 Å². The molecule has 0 aliphatic carbocycles. The molecule has 0 atom stereocenters. The van der Waals surface area contributed by atoms with E-state index < -0.39 is 0 Å². The molecule has 1 aliphatic rings. The average molecular weight is 381 g/mol. The van der Waals surface area contributed by atoms with Crippen molar-refractivity contribution >= 4 is 29.0 Å². The molecule has 2 heterocycles. The number of rotatable bonds is 5. The average Bonchev–Trinajstić information content (AvgIpc) is 2.99.